The number of hydrogen-bond acceptors (Lipinski definition) is 17. The summed E-state index contributed by atoms with van der Waals surface area (Å²) in [6.07, 6.45) is 1.69. The number of rotatable bonds is 41. The van der Waals surface area contributed by atoms with E-state index in [4.69, 9.17) is 22.9 Å². The monoisotopic (exact) mass is 1460 g/mol. The number of aliphatic carboxylic acids is 3. The van der Waals surface area contributed by atoms with E-state index in [1.165, 1.54) is 9.80 Å². The number of hydrogen-bond donors (Lipinski definition) is 17. The van der Waals surface area contributed by atoms with Gasteiger partial charge < -0.3 is 101 Å². The lowest BCUT2D eigenvalue weighted by Crippen LogP contribution is -2.62. The number of carboxylic acid groups (broad SMARTS) is 3. The van der Waals surface area contributed by atoms with Crippen LogP contribution in [0.4, 0.5) is 0 Å². The number of carbonyl (C=O) groups excluding carboxylic acids is 11. The van der Waals surface area contributed by atoms with Crippen LogP contribution in [0.1, 0.15) is 137 Å². The number of nitrogens with two attached hydrogens (primary N) is 4. The number of guanidine groups is 1. The Balaban J connectivity index is 1.27. The molecule has 0 spiro atoms. The second kappa shape index (κ2) is 40.6. The molecule has 0 bridgehead atoms. The summed E-state index contributed by atoms with van der Waals surface area (Å²) in [6.45, 7) is 13.6. The topological polar surface area (TPSA) is 547 Å². The van der Waals surface area contributed by atoms with Gasteiger partial charge in [0.1, 0.15) is 66.5 Å². The van der Waals surface area contributed by atoms with Crippen LogP contribution in [-0.4, -0.2) is 218 Å². The van der Waals surface area contributed by atoms with Gasteiger partial charge in [0.2, 0.25) is 65.0 Å². The highest BCUT2D eigenvalue weighted by Crippen LogP contribution is 2.28. The predicted molar refractivity (Wildman–Crippen MR) is 381 cm³/mol. The van der Waals surface area contributed by atoms with E-state index in [-0.39, 0.29) is 70.5 Å². The number of nitrogens with zero attached hydrogens (tertiary/aromatic N) is 3. The molecular weight excluding hydrogens is 1350 g/mol. The van der Waals surface area contributed by atoms with Crippen molar-refractivity contribution in [3.05, 3.63) is 71.9 Å². The highest BCUT2D eigenvalue weighted by Gasteiger charge is 2.46. The van der Waals surface area contributed by atoms with E-state index in [9.17, 15) is 82.4 Å². The molecule has 12 atom stereocenters. The predicted octanol–water partition coefficient (Wildman–Crippen LogP) is -1.53. The van der Waals surface area contributed by atoms with E-state index in [1.807, 2.05) is 18.2 Å². The first kappa shape index (κ1) is 84.4. The second-order valence-electron chi connectivity index (χ2n) is 27.7. The smallest absolute Gasteiger partial charge is 0.326 e. The van der Waals surface area contributed by atoms with Gasteiger partial charge in [0.05, 0.1) is 18.9 Å². The zero-order valence-electron chi connectivity index (χ0n) is 60.2. The van der Waals surface area contributed by atoms with Crippen molar-refractivity contribution in [3.8, 4) is 0 Å². The lowest BCUT2D eigenvalue weighted by atomic mass is 9.98. The van der Waals surface area contributed by atoms with Gasteiger partial charge in [0, 0.05) is 49.6 Å². The number of aliphatic imine (C=N–C) groups is 1. The fourth-order valence-electron chi connectivity index (χ4n) is 12.4. The molecule has 11 amide bonds. The molecule has 5 rings (SSSR count). The van der Waals surface area contributed by atoms with Crippen LogP contribution in [0, 0.1) is 23.7 Å². The summed E-state index contributed by atoms with van der Waals surface area (Å²) in [5.74, 6) is -16.6. The van der Waals surface area contributed by atoms with Crippen LogP contribution in [0.15, 0.2) is 65.8 Å². The number of para-hydroxylation sites is 1. The van der Waals surface area contributed by atoms with Gasteiger partial charge in [-0.15, -0.1) is 0 Å². The minimum Gasteiger partial charge on any atom is -0.481 e. The molecule has 2 aromatic carbocycles. The number of aromatic amines is 1. The molecule has 3 aromatic rings. The number of carboxylic acids is 3. The number of aromatic nitrogens is 1. The van der Waals surface area contributed by atoms with Crippen LogP contribution in [0.25, 0.3) is 10.9 Å². The van der Waals surface area contributed by atoms with E-state index in [2.05, 4.69) is 57.8 Å². The van der Waals surface area contributed by atoms with Crippen molar-refractivity contribution in [2.45, 2.75) is 211 Å². The molecule has 0 unspecified atom stereocenters. The zero-order valence-corrected chi connectivity index (χ0v) is 60.2. The lowest BCUT2D eigenvalue weighted by molar-refractivity contribution is -0.149. The Kier molecular flexibility index (Phi) is 32.9. The van der Waals surface area contributed by atoms with E-state index in [0.29, 0.717) is 43.4 Å². The Morgan fingerprint density at radius 1 is 0.510 bits per heavy atom. The Morgan fingerprint density at radius 3 is 1.55 bits per heavy atom. The summed E-state index contributed by atoms with van der Waals surface area (Å²) in [6, 6.07) is -1.35. The highest BCUT2D eigenvalue weighted by molar-refractivity contribution is 6.01. The standard InChI is InChI=1S/C70H105N17O17/c1-36(2)54(64(98)77-45(24-16-28-75-70(73)74)59(93)81-49(69(103)104)32-41-35-76-44-23-13-12-21-42(41)44)84-65(99)56(38(5)6)83-63(97)50-25-17-29-86(50)67(101)51-26-18-30-87(51)68(102)57(39(7)8)85-66(100)55(37(3)4)82-62(96)48(34-53(90)91)80-60(94)46(31-40-19-10-9-11-20-40)79-61(95)47(33-52(88)89)78-58(92)43(72)22-14-15-27-71/h9-13,19-21,23,35-39,43,45-51,54-57,76H,14-18,22,24-34,71-72H2,1-8H3,(H,77,98)(H,78,92)(H,79,95)(H,80,94)(H,81,93)(H,82,96)(H,83,97)(H,84,99)(H,85,100)(H,88,89)(H,90,91)(H,103,104)(H4,73,74,75)/t43-,45-,46-,47-,48-,49-,50-,51-,54-,55-,56-,57-/m0/s1. The molecule has 34 heteroatoms. The highest BCUT2D eigenvalue weighted by atomic mass is 16.4. The number of carbonyl (C=O) groups is 14. The molecule has 0 radical (unpaired) electrons. The van der Waals surface area contributed by atoms with Crippen LogP contribution < -0.4 is 70.8 Å². The zero-order chi connectivity index (χ0) is 77.2. The molecular formula is C70H105N17O17. The second-order valence-corrected chi connectivity index (χ2v) is 27.7. The molecule has 3 heterocycles. The Hall–Kier alpha value is -10.3. The maximum Gasteiger partial charge on any atom is 0.326 e. The van der Waals surface area contributed by atoms with E-state index in [1.54, 1.807) is 98.0 Å². The van der Waals surface area contributed by atoms with Gasteiger partial charge in [-0.1, -0.05) is 110 Å². The number of nitrogens with one attached hydrogen (secondary N) is 10. The van der Waals surface area contributed by atoms with Gasteiger partial charge in [-0.3, -0.25) is 67.3 Å². The number of likely N-dealkylation sites (tertiary alicyclic amines) is 2. The summed E-state index contributed by atoms with van der Waals surface area (Å²) in [5, 5.41) is 53.8. The van der Waals surface area contributed by atoms with Crippen LogP contribution in [0.3, 0.4) is 0 Å². The average Bonchev–Trinajstić information content (AvgIpc) is 1.63. The molecule has 0 saturated carbocycles. The van der Waals surface area contributed by atoms with Crippen molar-refractivity contribution in [1.82, 2.24) is 62.6 Å². The summed E-state index contributed by atoms with van der Waals surface area (Å²) in [5.41, 5.74) is 24.5. The normalized spacial score (nSPS) is 17.2. The minimum absolute atomic E-state index is 0.0471. The number of amides is 11. The Bertz CT molecular complexity index is 3540. The van der Waals surface area contributed by atoms with Crippen LogP contribution >= 0.6 is 0 Å². The first-order chi connectivity index (χ1) is 49.1. The minimum atomic E-state index is -1.90. The first-order valence-electron chi connectivity index (χ1n) is 35.2. The molecule has 34 nitrogen and oxygen atoms in total. The van der Waals surface area contributed by atoms with Crippen molar-refractivity contribution in [2.24, 2.45) is 51.6 Å². The van der Waals surface area contributed by atoms with Gasteiger partial charge in [0.25, 0.3) is 0 Å². The van der Waals surface area contributed by atoms with E-state index < -0.39 is 192 Å². The largest absolute Gasteiger partial charge is 0.481 e. The Labute approximate surface area is 603 Å². The van der Waals surface area contributed by atoms with Gasteiger partial charge in [-0.2, -0.15) is 0 Å². The van der Waals surface area contributed by atoms with Crippen molar-refractivity contribution in [3.63, 3.8) is 0 Å². The summed E-state index contributed by atoms with van der Waals surface area (Å²) in [4.78, 5) is 203. The molecule has 21 N–H and O–H groups in total. The molecule has 2 aliphatic rings. The van der Waals surface area contributed by atoms with Crippen molar-refractivity contribution in [1.29, 1.82) is 0 Å². The third-order valence-electron chi connectivity index (χ3n) is 18.2. The third kappa shape index (κ3) is 25.0. The number of fused-ring (bicyclic) bond motifs is 1. The van der Waals surface area contributed by atoms with Gasteiger partial charge in [-0.25, -0.2) is 4.79 Å². The van der Waals surface area contributed by atoms with Crippen molar-refractivity contribution >= 4 is 99.7 Å². The van der Waals surface area contributed by atoms with Crippen LogP contribution in [0.2, 0.25) is 0 Å². The number of unbranched alkanes of at least 4 members (excludes halogenated alkanes) is 1. The van der Waals surface area contributed by atoms with Gasteiger partial charge in [0.15, 0.2) is 5.96 Å². The molecule has 104 heavy (non-hydrogen) atoms. The van der Waals surface area contributed by atoms with Crippen molar-refractivity contribution < 1.29 is 82.4 Å². The molecule has 0 aliphatic carbocycles. The molecule has 2 aliphatic heterocycles. The first-order valence-corrected chi connectivity index (χ1v) is 35.2. The van der Waals surface area contributed by atoms with Gasteiger partial charge in [-0.05, 0) is 98.8 Å². The molecule has 2 saturated heterocycles. The number of benzene rings is 2. The third-order valence-corrected chi connectivity index (χ3v) is 18.2. The average molecular weight is 1460 g/mol. The molecule has 2 fully saturated rings. The molecule has 572 valence electrons. The quantitative estimate of drug-likeness (QED) is 0.0174. The number of H-pyrrole nitrogens is 1. The lowest BCUT2D eigenvalue weighted by Gasteiger charge is -2.35. The van der Waals surface area contributed by atoms with Crippen molar-refractivity contribution in [2.75, 3.05) is 26.2 Å². The SMILES string of the molecule is CC(C)[C@H](NC(=O)[C@H](CC(=O)O)NC(=O)[C@H](Cc1ccccc1)NC(=O)[C@H](CC(=O)O)NC(=O)[C@@H](N)CCCCN)C(=O)N[C@H](C(=O)N1CCC[C@H]1C(=O)N1CCC[C@H]1C(=O)N[C@H](C(=O)N[C@H](C(=O)N[C@@H](CCCN=C(N)N)C(=O)N[C@@H](Cc1c[nH]c2ccccc12)C(=O)O)C(C)C)C(C)C)C(C)C. The van der Waals surface area contributed by atoms with Crippen LogP contribution in [0.5, 0.6) is 0 Å². The summed E-state index contributed by atoms with van der Waals surface area (Å²) < 4.78 is 0. The Morgan fingerprint density at radius 2 is 0.981 bits per heavy atom. The van der Waals surface area contributed by atoms with E-state index >= 15 is 0 Å². The fourth-order valence-corrected chi connectivity index (χ4v) is 12.4. The van der Waals surface area contributed by atoms with Gasteiger partial charge >= 0.3 is 17.9 Å². The maximum absolute atomic E-state index is 14.8. The van der Waals surface area contributed by atoms with Crippen LogP contribution in [-0.2, 0) is 80.0 Å². The fraction of sp³-hybridized carbons (Fsp3) is 0.586. The summed E-state index contributed by atoms with van der Waals surface area (Å²) >= 11 is 0. The molecule has 1 aromatic heterocycles. The van der Waals surface area contributed by atoms with E-state index in [0.717, 1.165) is 10.9 Å². The summed E-state index contributed by atoms with van der Waals surface area (Å²) in [7, 11) is 0. The maximum atomic E-state index is 14.8.